The van der Waals surface area contributed by atoms with Gasteiger partial charge in [-0.1, -0.05) is 6.42 Å². The minimum atomic E-state index is -0.174. The minimum Gasteiger partial charge on any atom is -0.315 e. The molecular weight excluding hydrogens is 224 g/mol. The van der Waals surface area contributed by atoms with Gasteiger partial charge in [0.1, 0.15) is 0 Å². The molecule has 4 heteroatoms. The van der Waals surface area contributed by atoms with Crippen LogP contribution in [-0.2, 0) is 6.54 Å². The lowest BCUT2D eigenvalue weighted by atomic mass is 9.89. The molecule has 0 aliphatic heterocycles. The van der Waals surface area contributed by atoms with Crippen LogP contribution in [0.4, 0.5) is 0 Å². The van der Waals surface area contributed by atoms with E-state index in [1.54, 1.807) is 0 Å². The van der Waals surface area contributed by atoms with Crippen LogP contribution in [-0.4, -0.2) is 22.9 Å². The summed E-state index contributed by atoms with van der Waals surface area (Å²) < 4.78 is 1.96. The van der Waals surface area contributed by atoms with E-state index in [2.05, 4.69) is 22.7 Å². The molecule has 100 valence electrons. The van der Waals surface area contributed by atoms with Crippen LogP contribution in [0.15, 0.2) is 12.4 Å². The fraction of sp³-hybridized carbons (Fsp3) is 0.714. The molecule has 1 rings (SSSR count). The SMILES string of the molecule is Cc1cnn(CCNCCCCC(C)(C)C#N)c1. The standard InChI is InChI=1S/C14H24N4/c1-13-10-17-18(11-13)9-8-16-7-5-4-6-14(2,3)12-15/h10-11,16H,4-9H2,1-3H3. The topological polar surface area (TPSA) is 53.6 Å². The third-order valence-corrected chi connectivity index (χ3v) is 2.99. The number of hydrogen-bond donors (Lipinski definition) is 1. The summed E-state index contributed by atoms with van der Waals surface area (Å²) >= 11 is 0. The number of nitriles is 1. The Balaban J connectivity index is 1.98. The first-order valence-corrected chi connectivity index (χ1v) is 6.64. The van der Waals surface area contributed by atoms with Crippen molar-refractivity contribution < 1.29 is 0 Å². The van der Waals surface area contributed by atoms with Crippen LogP contribution in [0.1, 0.15) is 38.7 Å². The molecule has 4 nitrogen and oxygen atoms in total. The highest BCUT2D eigenvalue weighted by molar-refractivity contribution is 4.99. The molecule has 0 saturated heterocycles. The zero-order chi connectivity index (χ0) is 13.4. The van der Waals surface area contributed by atoms with E-state index in [-0.39, 0.29) is 5.41 Å². The average Bonchev–Trinajstić information content (AvgIpc) is 2.74. The third kappa shape index (κ3) is 5.83. The maximum atomic E-state index is 8.89. The van der Waals surface area contributed by atoms with E-state index >= 15 is 0 Å². The van der Waals surface area contributed by atoms with Crippen LogP contribution in [0.25, 0.3) is 0 Å². The number of rotatable bonds is 8. The van der Waals surface area contributed by atoms with Gasteiger partial charge in [-0.25, -0.2) is 0 Å². The first-order chi connectivity index (χ1) is 8.53. The van der Waals surface area contributed by atoms with Gasteiger partial charge >= 0.3 is 0 Å². The smallest absolute Gasteiger partial charge is 0.0683 e. The van der Waals surface area contributed by atoms with Gasteiger partial charge in [-0.3, -0.25) is 4.68 Å². The van der Waals surface area contributed by atoms with Gasteiger partial charge in [-0.2, -0.15) is 10.4 Å². The molecule has 0 aromatic carbocycles. The highest BCUT2D eigenvalue weighted by Crippen LogP contribution is 2.21. The first kappa shape index (κ1) is 14.7. The zero-order valence-electron chi connectivity index (χ0n) is 11.7. The van der Waals surface area contributed by atoms with Gasteiger partial charge < -0.3 is 5.32 Å². The Morgan fingerprint density at radius 1 is 1.39 bits per heavy atom. The maximum Gasteiger partial charge on any atom is 0.0683 e. The van der Waals surface area contributed by atoms with Crippen LogP contribution in [0.3, 0.4) is 0 Å². The molecular formula is C14H24N4. The van der Waals surface area contributed by atoms with Crippen molar-refractivity contribution in [3.8, 4) is 6.07 Å². The van der Waals surface area contributed by atoms with Crippen molar-refractivity contribution in [1.29, 1.82) is 5.26 Å². The van der Waals surface area contributed by atoms with Crippen molar-refractivity contribution in [3.63, 3.8) is 0 Å². The molecule has 0 aliphatic rings. The number of aryl methyl sites for hydroxylation is 1. The Morgan fingerprint density at radius 3 is 2.78 bits per heavy atom. The lowest BCUT2D eigenvalue weighted by Crippen LogP contribution is -2.21. The van der Waals surface area contributed by atoms with Gasteiger partial charge in [0, 0.05) is 12.7 Å². The van der Waals surface area contributed by atoms with Crippen LogP contribution in [0, 0.1) is 23.7 Å². The molecule has 18 heavy (non-hydrogen) atoms. The van der Waals surface area contributed by atoms with Crippen molar-refractivity contribution in [2.75, 3.05) is 13.1 Å². The molecule has 0 saturated carbocycles. The second kappa shape index (κ2) is 7.17. The predicted octanol–water partition coefficient (Wildman–Crippen LogP) is 2.50. The van der Waals surface area contributed by atoms with E-state index in [4.69, 9.17) is 5.26 Å². The number of nitrogens with zero attached hydrogens (tertiary/aromatic N) is 3. The quantitative estimate of drug-likeness (QED) is 0.719. The summed E-state index contributed by atoms with van der Waals surface area (Å²) in [6.45, 7) is 8.93. The first-order valence-electron chi connectivity index (χ1n) is 6.64. The summed E-state index contributed by atoms with van der Waals surface area (Å²) in [6, 6.07) is 2.34. The molecule has 1 heterocycles. The lowest BCUT2D eigenvalue weighted by molar-refractivity contribution is 0.420. The second-order valence-corrected chi connectivity index (χ2v) is 5.48. The summed E-state index contributed by atoms with van der Waals surface area (Å²) in [7, 11) is 0. The Morgan fingerprint density at radius 2 is 2.17 bits per heavy atom. The van der Waals surface area contributed by atoms with Crippen LogP contribution in [0.2, 0.25) is 0 Å². The third-order valence-electron chi connectivity index (χ3n) is 2.99. The molecule has 0 atom stereocenters. The van der Waals surface area contributed by atoms with Crippen molar-refractivity contribution in [3.05, 3.63) is 18.0 Å². The number of hydrogen-bond acceptors (Lipinski definition) is 3. The van der Waals surface area contributed by atoms with E-state index in [1.807, 2.05) is 31.6 Å². The zero-order valence-corrected chi connectivity index (χ0v) is 11.7. The summed E-state index contributed by atoms with van der Waals surface area (Å²) in [5, 5.41) is 16.5. The van der Waals surface area contributed by atoms with Crippen LogP contribution < -0.4 is 5.32 Å². The summed E-state index contributed by atoms with van der Waals surface area (Å²) in [4.78, 5) is 0. The Bertz CT molecular complexity index is 387. The van der Waals surface area contributed by atoms with Crippen LogP contribution in [0.5, 0.6) is 0 Å². The molecule has 0 spiro atoms. The maximum absolute atomic E-state index is 8.89. The number of nitrogens with one attached hydrogen (secondary N) is 1. The average molecular weight is 248 g/mol. The van der Waals surface area contributed by atoms with Gasteiger partial charge in [-0.15, -0.1) is 0 Å². The number of unbranched alkanes of at least 4 members (excludes halogenated alkanes) is 1. The predicted molar refractivity (Wildman–Crippen MR) is 73.1 cm³/mol. The van der Waals surface area contributed by atoms with Crippen molar-refractivity contribution in [1.82, 2.24) is 15.1 Å². The molecule has 0 radical (unpaired) electrons. The van der Waals surface area contributed by atoms with Gasteiger partial charge in [0.25, 0.3) is 0 Å². The van der Waals surface area contributed by atoms with Gasteiger partial charge in [0.05, 0.1) is 24.2 Å². The minimum absolute atomic E-state index is 0.174. The van der Waals surface area contributed by atoms with Crippen molar-refractivity contribution in [2.45, 2.75) is 46.6 Å². The van der Waals surface area contributed by atoms with Gasteiger partial charge in [0.15, 0.2) is 0 Å². The summed E-state index contributed by atoms with van der Waals surface area (Å²) in [5.41, 5.74) is 1.03. The molecule has 0 bridgehead atoms. The molecule has 1 aromatic heterocycles. The number of aromatic nitrogens is 2. The van der Waals surface area contributed by atoms with Gasteiger partial charge in [-0.05, 0) is 45.7 Å². The van der Waals surface area contributed by atoms with E-state index < -0.39 is 0 Å². The largest absolute Gasteiger partial charge is 0.315 e. The van der Waals surface area contributed by atoms with Crippen LogP contribution >= 0.6 is 0 Å². The molecule has 0 amide bonds. The van der Waals surface area contributed by atoms with Gasteiger partial charge in [0.2, 0.25) is 0 Å². The highest BCUT2D eigenvalue weighted by Gasteiger charge is 2.14. The monoisotopic (exact) mass is 248 g/mol. The Hall–Kier alpha value is -1.34. The molecule has 1 N–H and O–H groups in total. The van der Waals surface area contributed by atoms with Crippen molar-refractivity contribution in [2.24, 2.45) is 5.41 Å². The highest BCUT2D eigenvalue weighted by atomic mass is 15.3. The summed E-state index contributed by atoms with van der Waals surface area (Å²) in [5.74, 6) is 0. The fourth-order valence-corrected chi connectivity index (χ4v) is 1.78. The summed E-state index contributed by atoms with van der Waals surface area (Å²) in [6.07, 6.45) is 7.14. The second-order valence-electron chi connectivity index (χ2n) is 5.48. The fourth-order valence-electron chi connectivity index (χ4n) is 1.78. The van der Waals surface area contributed by atoms with E-state index in [0.717, 1.165) is 38.9 Å². The van der Waals surface area contributed by atoms with Crippen molar-refractivity contribution >= 4 is 0 Å². The lowest BCUT2D eigenvalue weighted by Gasteiger charge is -2.14. The molecule has 0 fully saturated rings. The molecule has 0 aliphatic carbocycles. The Kier molecular flexibility index (Phi) is 5.87. The molecule has 0 unspecified atom stereocenters. The van der Waals surface area contributed by atoms with E-state index in [1.165, 1.54) is 5.56 Å². The Labute approximate surface area is 110 Å². The normalized spacial score (nSPS) is 11.4. The van der Waals surface area contributed by atoms with E-state index in [0.29, 0.717) is 0 Å². The molecule has 1 aromatic rings. The van der Waals surface area contributed by atoms with E-state index in [9.17, 15) is 0 Å².